The van der Waals surface area contributed by atoms with Crippen molar-refractivity contribution in [2.45, 2.75) is 30.2 Å². The summed E-state index contributed by atoms with van der Waals surface area (Å²) in [7, 11) is -3.82. The molecule has 1 unspecified atom stereocenters. The van der Waals surface area contributed by atoms with Crippen LogP contribution in [0.2, 0.25) is 0 Å². The van der Waals surface area contributed by atoms with Crippen molar-refractivity contribution >= 4 is 15.9 Å². The molecular weight excluding hydrogens is 462 g/mol. The minimum atomic E-state index is -3.82. The quantitative estimate of drug-likeness (QED) is 0.448. The molecule has 4 aromatic rings. The number of carbonyl (C=O) groups is 1. The zero-order chi connectivity index (χ0) is 24.4. The second-order valence-corrected chi connectivity index (χ2v) is 10.1. The topological polar surface area (TPSA) is 111 Å². The molecule has 1 amide bonds. The molecule has 0 spiro atoms. The van der Waals surface area contributed by atoms with Crippen LogP contribution < -0.4 is 5.14 Å². The number of carbonyl (C=O) groups excluding carboxylic acids is 1. The predicted octanol–water partition coefficient (Wildman–Crippen LogP) is 3.48. The van der Waals surface area contributed by atoms with Crippen molar-refractivity contribution < 1.29 is 13.2 Å². The third kappa shape index (κ3) is 4.87. The summed E-state index contributed by atoms with van der Waals surface area (Å²) in [4.78, 5) is 20.0. The van der Waals surface area contributed by atoms with Gasteiger partial charge in [-0.05, 0) is 48.2 Å². The third-order valence-electron chi connectivity index (χ3n) is 6.18. The van der Waals surface area contributed by atoms with Crippen LogP contribution in [-0.2, 0) is 16.4 Å². The molecule has 0 aliphatic carbocycles. The lowest BCUT2D eigenvalue weighted by Crippen LogP contribution is -2.31. The van der Waals surface area contributed by atoms with Gasteiger partial charge in [-0.1, -0.05) is 60.7 Å². The number of nitrogens with zero attached hydrogens (tertiary/aromatic N) is 4. The first-order chi connectivity index (χ1) is 16.9. The van der Waals surface area contributed by atoms with Gasteiger partial charge in [-0.2, -0.15) is 0 Å². The molecule has 35 heavy (non-hydrogen) atoms. The van der Waals surface area contributed by atoms with Gasteiger partial charge in [0.1, 0.15) is 5.82 Å². The average molecular weight is 488 g/mol. The lowest BCUT2D eigenvalue weighted by Gasteiger charge is -2.23. The molecule has 3 aromatic carbocycles. The Morgan fingerprint density at radius 2 is 1.60 bits per heavy atom. The summed E-state index contributed by atoms with van der Waals surface area (Å²) >= 11 is 0. The van der Waals surface area contributed by atoms with E-state index in [-0.39, 0.29) is 22.7 Å². The number of primary sulfonamides is 1. The summed E-state index contributed by atoms with van der Waals surface area (Å²) in [5, 5.41) is 9.81. The number of hydrogen-bond donors (Lipinski definition) is 1. The SMILES string of the molecule is NS(=O)(=O)c1ccc(-n2nc(C(=O)N3CCCC3c3ccccc3)nc2Cc2ccccc2)cc1. The molecule has 0 bridgehead atoms. The molecule has 1 saturated heterocycles. The Morgan fingerprint density at radius 1 is 0.943 bits per heavy atom. The largest absolute Gasteiger partial charge is 0.329 e. The van der Waals surface area contributed by atoms with Crippen molar-refractivity contribution in [3.63, 3.8) is 0 Å². The van der Waals surface area contributed by atoms with Gasteiger partial charge >= 0.3 is 0 Å². The van der Waals surface area contributed by atoms with E-state index in [4.69, 9.17) is 5.14 Å². The second kappa shape index (κ2) is 9.44. The minimum absolute atomic E-state index is 0.00467. The summed E-state index contributed by atoms with van der Waals surface area (Å²) in [5.41, 5.74) is 2.71. The highest BCUT2D eigenvalue weighted by molar-refractivity contribution is 7.89. The van der Waals surface area contributed by atoms with Crippen molar-refractivity contribution in [1.29, 1.82) is 0 Å². The van der Waals surface area contributed by atoms with Crippen molar-refractivity contribution in [3.8, 4) is 5.69 Å². The molecule has 8 nitrogen and oxygen atoms in total. The van der Waals surface area contributed by atoms with Gasteiger partial charge in [0.05, 0.1) is 16.6 Å². The highest BCUT2D eigenvalue weighted by Crippen LogP contribution is 2.32. The molecule has 2 heterocycles. The van der Waals surface area contributed by atoms with E-state index in [0.29, 0.717) is 24.5 Å². The fraction of sp³-hybridized carbons (Fsp3) is 0.192. The maximum Gasteiger partial charge on any atom is 0.294 e. The van der Waals surface area contributed by atoms with Crippen LogP contribution in [0.5, 0.6) is 0 Å². The number of nitrogens with two attached hydrogens (primary N) is 1. The number of aromatic nitrogens is 3. The maximum absolute atomic E-state index is 13.6. The summed E-state index contributed by atoms with van der Waals surface area (Å²) in [6.45, 7) is 0.643. The van der Waals surface area contributed by atoms with Crippen molar-refractivity contribution in [2.24, 2.45) is 5.14 Å². The van der Waals surface area contributed by atoms with Gasteiger partial charge in [0.2, 0.25) is 15.8 Å². The van der Waals surface area contributed by atoms with Crippen LogP contribution in [0.25, 0.3) is 5.69 Å². The van der Waals surface area contributed by atoms with Crippen LogP contribution in [0.15, 0.2) is 89.8 Å². The predicted molar refractivity (Wildman–Crippen MR) is 131 cm³/mol. The lowest BCUT2D eigenvalue weighted by molar-refractivity contribution is 0.0723. The molecular formula is C26H25N5O3S. The second-order valence-electron chi connectivity index (χ2n) is 8.53. The summed E-state index contributed by atoms with van der Waals surface area (Å²) < 4.78 is 24.9. The lowest BCUT2D eigenvalue weighted by atomic mass is 10.0. The average Bonchev–Trinajstić information content (AvgIpc) is 3.52. The molecule has 178 valence electrons. The van der Waals surface area contributed by atoms with E-state index in [1.54, 1.807) is 16.8 Å². The van der Waals surface area contributed by atoms with E-state index in [9.17, 15) is 13.2 Å². The Morgan fingerprint density at radius 3 is 2.26 bits per heavy atom. The van der Waals surface area contributed by atoms with Gasteiger partial charge in [0.25, 0.3) is 5.91 Å². The van der Waals surface area contributed by atoms with E-state index in [1.807, 2.05) is 65.6 Å². The Hall–Kier alpha value is -3.82. The van der Waals surface area contributed by atoms with E-state index < -0.39 is 10.0 Å². The Balaban J connectivity index is 1.51. The zero-order valence-electron chi connectivity index (χ0n) is 19.0. The number of hydrogen-bond acceptors (Lipinski definition) is 5. The summed E-state index contributed by atoms with van der Waals surface area (Å²) in [5.74, 6) is 0.484. The van der Waals surface area contributed by atoms with Crippen LogP contribution in [0, 0.1) is 0 Å². The summed E-state index contributed by atoms with van der Waals surface area (Å²) in [6, 6.07) is 25.8. The number of rotatable bonds is 6. The van der Waals surface area contributed by atoms with Gasteiger partial charge in [-0.25, -0.2) is 23.2 Å². The molecule has 9 heteroatoms. The molecule has 1 fully saturated rings. The van der Waals surface area contributed by atoms with Crippen molar-refractivity contribution in [1.82, 2.24) is 19.7 Å². The maximum atomic E-state index is 13.6. The first-order valence-corrected chi connectivity index (χ1v) is 12.9. The van der Waals surface area contributed by atoms with Gasteiger partial charge in [0.15, 0.2) is 0 Å². The molecule has 1 aliphatic rings. The van der Waals surface area contributed by atoms with E-state index in [2.05, 4.69) is 10.1 Å². The van der Waals surface area contributed by atoms with E-state index >= 15 is 0 Å². The minimum Gasteiger partial charge on any atom is -0.329 e. The van der Waals surface area contributed by atoms with Crippen molar-refractivity contribution in [2.75, 3.05) is 6.54 Å². The smallest absolute Gasteiger partial charge is 0.294 e. The molecule has 5 rings (SSSR count). The van der Waals surface area contributed by atoms with Crippen molar-refractivity contribution in [3.05, 3.63) is 108 Å². The molecule has 2 N–H and O–H groups in total. The van der Waals surface area contributed by atoms with Gasteiger partial charge < -0.3 is 4.90 Å². The van der Waals surface area contributed by atoms with E-state index in [1.165, 1.54) is 12.1 Å². The molecule has 1 aromatic heterocycles. The highest BCUT2D eigenvalue weighted by Gasteiger charge is 2.33. The van der Waals surface area contributed by atoms with Crippen LogP contribution in [0.4, 0.5) is 0 Å². The number of amides is 1. The Bertz CT molecular complexity index is 1440. The van der Waals surface area contributed by atoms with Gasteiger partial charge in [0, 0.05) is 13.0 Å². The van der Waals surface area contributed by atoms with Crippen LogP contribution in [0.3, 0.4) is 0 Å². The Kier molecular flexibility index (Phi) is 6.19. The summed E-state index contributed by atoms with van der Waals surface area (Å²) in [6.07, 6.45) is 2.26. The molecule has 1 atom stereocenters. The van der Waals surface area contributed by atoms with Crippen LogP contribution in [-0.4, -0.2) is 40.5 Å². The first kappa shape index (κ1) is 22.9. The van der Waals surface area contributed by atoms with Gasteiger partial charge in [-0.15, -0.1) is 5.10 Å². The third-order valence-corrected chi connectivity index (χ3v) is 7.11. The highest BCUT2D eigenvalue weighted by atomic mass is 32.2. The molecule has 1 aliphatic heterocycles. The van der Waals surface area contributed by atoms with E-state index in [0.717, 1.165) is 24.0 Å². The Labute approximate surface area is 204 Å². The monoisotopic (exact) mass is 487 g/mol. The zero-order valence-corrected chi connectivity index (χ0v) is 19.8. The fourth-order valence-electron chi connectivity index (χ4n) is 4.47. The normalized spacial score (nSPS) is 15.9. The molecule has 0 saturated carbocycles. The molecule has 0 radical (unpaired) electrons. The van der Waals surface area contributed by atoms with Crippen LogP contribution >= 0.6 is 0 Å². The fourth-order valence-corrected chi connectivity index (χ4v) is 4.99. The standard InChI is InChI=1S/C26H25N5O3S/c27-35(33,34)22-15-13-21(14-16-22)31-24(18-19-8-3-1-4-9-19)28-25(29-31)26(32)30-17-7-12-23(30)20-10-5-2-6-11-20/h1-6,8-11,13-16,23H,7,12,17-18H2,(H2,27,33,34). The van der Waals surface area contributed by atoms with Crippen LogP contribution in [0.1, 0.15) is 46.5 Å². The number of sulfonamides is 1. The van der Waals surface area contributed by atoms with Gasteiger partial charge in [-0.3, -0.25) is 4.79 Å². The first-order valence-electron chi connectivity index (χ1n) is 11.4. The number of benzene rings is 3. The number of likely N-dealkylation sites (tertiary alicyclic amines) is 1.